The SMILES string of the molecule is C1=CC2C=CC1C13CCC21CC3. The molecule has 2 bridgehead atoms. The van der Waals surface area contributed by atoms with Gasteiger partial charge >= 0.3 is 0 Å². The first-order valence-corrected chi connectivity index (χ1v) is 5.24. The van der Waals surface area contributed by atoms with Gasteiger partial charge in [-0.1, -0.05) is 24.3 Å². The van der Waals surface area contributed by atoms with Gasteiger partial charge in [-0.3, -0.25) is 0 Å². The Morgan fingerprint density at radius 2 is 1.00 bits per heavy atom. The van der Waals surface area contributed by atoms with Crippen molar-refractivity contribution in [3.63, 3.8) is 0 Å². The molecule has 2 fully saturated rings. The fourth-order valence-corrected chi connectivity index (χ4v) is 4.46. The Balaban J connectivity index is 1.98. The molecule has 0 aromatic heterocycles. The molecule has 0 heteroatoms. The molecule has 0 saturated heterocycles. The van der Waals surface area contributed by atoms with Crippen LogP contribution in [-0.2, 0) is 0 Å². The topological polar surface area (TPSA) is 0 Å². The molecule has 0 spiro atoms. The van der Waals surface area contributed by atoms with Crippen molar-refractivity contribution in [2.45, 2.75) is 25.7 Å². The third-order valence-corrected chi connectivity index (χ3v) is 5.35. The van der Waals surface area contributed by atoms with E-state index in [0.717, 1.165) is 22.7 Å². The summed E-state index contributed by atoms with van der Waals surface area (Å²) in [5.74, 6) is 1.65. The zero-order valence-corrected chi connectivity index (χ0v) is 7.29. The Labute approximate surface area is 73.4 Å². The van der Waals surface area contributed by atoms with E-state index in [9.17, 15) is 0 Å². The maximum absolute atomic E-state index is 2.47. The lowest BCUT2D eigenvalue weighted by atomic mass is 9.28. The number of allylic oxidation sites excluding steroid dienone is 4. The average molecular weight is 158 g/mol. The van der Waals surface area contributed by atoms with Gasteiger partial charge in [0.05, 0.1) is 0 Å². The molecule has 0 nitrogen and oxygen atoms in total. The van der Waals surface area contributed by atoms with Crippen molar-refractivity contribution < 1.29 is 0 Å². The summed E-state index contributed by atoms with van der Waals surface area (Å²) in [5.41, 5.74) is 1.56. The molecule has 62 valence electrons. The lowest BCUT2D eigenvalue weighted by molar-refractivity contribution is -0.223. The summed E-state index contributed by atoms with van der Waals surface area (Å²) in [6.45, 7) is 0. The minimum atomic E-state index is 0.779. The van der Waals surface area contributed by atoms with Crippen molar-refractivity contribution in [3.05, 3.63) is 24.3 Å². The van der Waals surface area contributed by atoms with Gasteiger partial charge in [0, 0.05) is 11.8 Å². The second-order valence-electron chi connectivity index (χ2n) is 5.13. The largest absolute Gasteiger partial charge is 0.0804 e. The van der Waals surface area contributed by atoms with E-state index in [4.69, 9.17) is 0 Å². The smallest absolute Gasteiger partial charge is 0.000912 e. The van der Waals surface area contributed by atoms with Gasteiger partial charge in [-0.2, -0.15) is 0 Å². The summed E-state index contributed by atoms with van der Waals surface area (Å²) >= 11 is 0. The lowest BCUT2D eigenvalue weighted by Crippen LogP contribution is -2.67. The maximum atomic E-state index is 2.47. The summed E-state index contributed by atoms with van der Waals surface area (Å²) in [6.07, 6.45) is 16.0. The van der Waals surface area contributed by atoms with E-state index in [2.05, 4.69) is 24.3 Å². The summed E-state index contributed by atoms with van der Waals surface area (Å²) in [5, 5.41) is 0. The van der Waals surface area contributed by atoms with Gasteiger partial charge in [0.1, 0.15) is 0 Å². The predicted octanol–water partition coefficient (Wildman–Crippen LogP) is 2.92. The molecule has 12 heavy (non-hydrogen) atoms. The van der Waals surface area contributed by atoms with Crippen molar-refractivity contribution in [3.8, 4) is 0 Å². The van der Waals surface area contributed by atoms with Crippen LogP contribution in [0.3, 0.4) is 0 Å². The van der Waals surface area contributed by atoms with Crippen LogP contribution in [0.25, 0.3) is 0 Å². The van der Waals surface area contributed by atoms with Crippen LogP contribution < -0.4 is 0 Å². The fourth-order valence-electron chi connectivity index (χ4n) is 4.46. The average Bonchev–Trinajstić information content (AvgIpc) is 2.05. The molecule has 2 saturated carbocycles. The third-order valence-electron chi connectivity index (χ3n) is 5.35. The van der Waals surface area contributed by atoms with Gasteiger partial charge in [0.15, 0.2) is 0 Å². The van der Waals surface area contributed by atoms with Crippen LogP contribution in [-0.4, -0.2) is 0 Å². The first-order chi connectivity index (χ1) is 5.87. The minimum absolute atomic E-state index is 0.779. The molecule has 0 atom stereocenters. The van der Waals surface area contributed by atoms with Gasteiger partial charge in [-0.05, 0) is 36.5 Å². The normalized spacial score (nSPS) is 63.3. The number of hydrogen-bond acceptors (Lipinski definition) is 0. The molecule has 0 aliphatic heterocycles. The second kappa shape index (κ2) is 1.45. The monoisotopic (exact) mass is 158 g/mol. The Morgan fingerprint density at radius 1 is 0.667 bits per heavy atom. The van der Waals surface area contributed by atoms with Crippen LogP contribution >= 0.6 is 0 Å². The fraction of sp³-hybridized carbons (Fsp3) is 0.667. The Hall–Kier alpha value is -0.520. The minimum Gasteiger partial charge on any atom is -0.0804 e. The highest BCUT2D eigenvalue weighted by Crippen LogP contribution is 2.79. The molecule has 0 amide bonds. The van der Waals surface area contributed by atoms with E-state index in [1.807, 2.05) is 0 Å². The lowest BCUT2D eigenvalue weighted by Gasteiger charge is -2.75. The molecule has 5 aliphatic carbocycles. The Bertz CT molecular complexity index is 256. The first kappa shape index (κ1) is 6.01. The van der Waals surface area contributed by atoms with Crippen LogP contribution in [0.1, 0.15) is 25.7 Å². The van der Waals surface area contributed by atoms with Crippen LogP contribution in [0, 0.1) is 22.7 Å². The van der Waals surface area contributed by atoms with Crippen LogP contribution in [0.5, 0.6) is 0 Å². The molecule has 0 radical (unpaired) electrons. The van der Waals surface area contributed by atoms with Crippen LogP contribution in [0.15, 0.2) is 24.3 Å². The molecule has 0 unspecified atom stereocenters. The van der Waals surface area contributed by atoms with E-state index in [1.54, 1.807) is 0 Å². The highest BCUT2D eigenvalue weighted by Gasteiger charge is 2.71. The summed E-state index contributed by atoms with van der Waals surface area (Å²) in [7, 11) is 0. The van der Waals surface area contributed by atoms with Crippen LogP contribution in [0.4, 0.5) is 0 Å². The quantitative estimate of drug-likeness (QED) is 0.475. The van der Waals surface area contributed by atoms with Crippen molar-refractivity contribution in [1.29, 1.82) is 0 Å². The predicted molar refractivity (Wildman–Crippen MR) is 48.6 cm³/mol. The summed E-state index contributed by atoms with van der Waals surface area (Å²) < 4.78 is 0. The Kier molecular flexibility index (Phi) is 0.727. The zero-order valence-electron chi connectivity index (χ0n) is 7.29. The van der Waals surface area contributed by atoms with E-state index in [1.165, 1.54) is 25.7 Å². The van der Waals surface area contributed by atoms with Gasteiger partial charge < -0.3 is 0 Å². The van der Waals surface area contributed by atoms with Gasteiger partial charge in [0.2, 0.25) is 0 Å². The van der Waals surface area contributed by atoms with Crippen molar-refractivity contribution in [2.75, 3.05) is 0 Å². The molecular formula is C12H14. The molecule has 5 aliphatic rings. The summed E-state index contributed by atoms with van der Waals surface area (Å²) in [6, 6.07) is 0. The van der Waals surface area contributed by atoms with Gasteiger partial charge in [0.25, 0.3) is 0 Å². The standard InChI is InChI=1S/C12H14/c1-2-10-4-3-9(1)11-5-7-12(10,11)8-6-11/h1-4,9-10H,5-8H2. The molecule has 0 aromatic rings. The van der Waals surface area contributed by atoms with E-state index in [-0.39, 0.29) is 0 Å². The highest BCUT2D eigenvalue weighted by molar-refractivity contribution is 5.37. The first-order valence-electron chi connectivity index (χ1n) is 5.24. The molecule has 0 N–H and O–H groups in total. The Morgan fingerprint density at radius 3 is 1.17 bits per heavy atom. The van der Waals surface area contributed by atoms with Crippen molar-refractivity contribution in [2.24, 2.45) is 22.7 Å². The van der Waals surface area contributed by atoms with Crippen molar-refractivity contribution in [1.82, 2.24) is 0 Å². The molecular weight excluding hydrogens is 144 g/mol. The molecule has 0 aromatic carbocycles. The second-order valence-corrected chi connectivity index (χ2v) is 5.13. The highest BCUT2D eigenvalue weighted by atomic mass is 14.7. The van der Waals surface area contributed by atoms with Crippen molar-refractivity contribution >= 4 is 0 Å². The van der Waals surface area contributed by atoms with Gasteiger partial charge in [-0.15, -0.1) is 0 Å². The molecule has 0 heterocycles. The van der Waals surface area contributed by atoms with E-state index >= 15 is 0 Å². The van der Waals surface area contributed by atoms with E-state index in [0.29, 0.717) is 0 Å². The zero-order chi connectivity index (χ0) is 7.81. The summed E-state index contributed by atoms with van der Waals surface area (Å²) in [4.78, 5) is 0. The molecule has 5 rings (SSSR count). The van der Waals surface area contributed by atoms with E-state index < -0.39 is 0 Å². The maximum Gasteiger partial charge on any atom is 0.000912 e. The number of hydrogen-bond donors (Lipinski definition) is 0. The number of rotatable bonds is 0. The van der Waals surface area contributed by atoms with Crippen LogP contribution in [0.2, 0.25) is 0 Å². The van der Waals surface area contributed by atoms with Gasteiger partial charge in [-0.25, -0.2) is 0 Å². The third kappa shape index (κ3) is 0.345.